The van der Waals surface area contributed by atoms with Gasteiger partial charge >= 0.3 is 0 Å². The van der Waals surface area contributed by atoms with E-state index in [4.69, 9.17) is 16.3 Å². The summed E-state index contributed by atoms with van der Waals surface area (Å²) in [5, 5.41) is 11.5. The van der Waals surface area contributed by atoms with Gasteiger partial charge in [0.25, 0.3) is 0 Å². The third-order valence-electron chi connectivity index (χ3n) is 2.97. The zero-order chi connectivity index (χ0) is 11.9. The fourth-order valence-corrected chi connectivity index (χ4v) is 2.16. The van der Waals surface area contributed by atoms with Gasteiger partial charge in [-0.15, -0.1) is 10.2 Å². The molecule has 0 radical (unpaired) electrons. The zero-order valence-corrected chi connectivity index (χ0v) is 10.6. The molecule has 2 heterocycles. The van der Waals surface area contributed by atoms with Crippen LogP contribution in [0.25, 0.3) is 0 Å². The molecule has 1 aromatic rings. The molecule has 4 nitrogen and oxygen atoms in total. The van der Waals surface area contributed by atoms with Gasteiger partial charge in [0, 0.05) is 12.1 Å². The Morgan fingerprint density at radius 2 is 2.29 bits per heavy atom. The molecule has 0 bridgehead atoms. The Balaban J connectivity index is 1.60. The minimum absolute atomic E-state index is 0.392. The molecule has 0 aliphatic carbocycles. The van der Waals surface area contributed by atoms with E-state index >= 15 is 0 Å². The summed E-state index contributed by atoms with van der Waals surface area (Å²) in [5.41, 5.74) is 0. The Kier molecular flexibility index (Phi) is 5.01. The number of halogens is 1. The number of hydrogen-bond donors (Lipinski definition) is 1. The molecular weight excluding hydrogens is 238 g/mol. The van der Waals surface area contributed by atoms with Gasteiger partial charge in [-0.25, -0.2) is 0 Å². The monoisotopic (exact) mass is 255 g/mol. The molecule has 1 unspecified atom stereocenters. The Morgan fingerprint density at radius 1 is 1.35 bits per heavy atom. The highest BCUT2D eigenvalue weighted by Crippen LogP contribution is 2.13. The van der Waals surface area contributed by atoms with Gasteiger partial charge < -0.3 is 10.1 Å². The van der Waals surface area contributed by atoms with Gasteiger partial charge in [-0.3, -0.25) is 0 Å². The third kappa shape index (κ3) is 4.48. The summed E-state index contributed by atoms with van der Waals surface area (Å²) in [6, 6.07) is 4.10. The average Bonchev–Trinajstić information content (AvgIpc) is 2.38. The van der Waals surface area contributed by atoms with E-state index in [2.05, 4.69) is 15.5 Å². The lowest BCUT2D eigenvalue weighted by Gasteiger charge is -2.23. The highest BCUT2D eigenvalue weighted by atomic mass is 35.5. The smallest absolute Gasteiger partial charge is 0.233 e. The summed E-state index contributed by atoms with van der Waals surface area (Å²) >= 11 is 5.64. The number of aromatic nitrogens is 2. The summed E-state index contributed by atoms with van der Waals surface area (Å²) < 4.78 is 5.49. The van der Waals surface area contributed by atoms with Crippen LogP contribution in [-0.4, -0.2) is 29.4 Å². The maximum Gasteiger partial charge on any atom is 0.233 e. The first-order valence-corrected chi connectivity index (χ1v) is 6.58. The number of hydrogen-bond acceptors (Lipinski definition) is 4. The lowest BCUT2D eigenvalue weighted by Crippen LogP contribution is -2.34. The Morgan fingerprint density at radius 3 is 3.00 bits per heavy atom. The van der Waals surface area contributed by atoms with Crippen LogP contribution in [0.2, 0.25) is 5.15 Å². The predicted molar refractivity (Wildman–Crippen MR) is 67.4 cm³/mol. The Bertz CT molecular complexity index is 325. The molecule has 1 saturated heterocycles. The van der Waals surface area contributed by atoms with Crippen molar-refractivity contribution >= 4 is 11.6 Å². The van der Waals surface area contributed by atoms with Crippen molar-refractivity contribution in [3.63, 3.8) is 0 Å². The highest BCUT2D eigenvalue weighted by molar-refractivity contribution is 6.29. The van der Waals surface area contributed by atoms with Crippen molar-refractivity contribution in [3.05, 3.63) is 17.3 Å². The van der Waals surface area contributed by atoms with Crippen molar-refractivity contribution in [2.45, 2.75) is 38.1 Å². The molecule has 0 saturated carbocycles. The second-order valence-corrected chi connectivity index (χ2v) is 4.72. The van der Waals surface area contributed by atoms with Gasteiger partial charge in [-0.2, -0.15) is 0 Å². The van der Waals surface area contributed by atoms with E-state index < -0.39 is 0 Å². The second-order valence-electron chi connectivity index (χ2n) is 4.33. The van der Waals surface area contributed by atoms with Crippen LogP contribution in [0.3, 0.4) is 0 Å². The largest absolute Gasteiger partial charge is 0.477 e. The molecular formula is C12H18ClN3O. The lowest BCUT2D eigenvalue weighted by molar-refractivity contribution is 0.274. The minimum Gasteiger partial charge on any atom is -0.477 e. The van der Waals surface area contributed by atoms with Crippen molar-refractivity contribution < 1.29 is 4.74 Å². The number of rotatable bonds is 5. The minimum atomic E-state index is 0.392. The standard InChI is InChI=1S/C12H18ClN3O/c13-11-6-7-12(16-15-11)17-9-3-5-10-4-1-2-8-14-10/h6-7,10,14H,1-5,8-9H2. The molecule has 1 aliphatic rings. The van der Waals surface area contributed by atoms with E-state index in [9.17, 15) is 0 Å². The van der Waals surface area contributed by atoms with Gasteiger partial charge in [-0.05, 0) is 38.3 Å². The molecule has 0 spiro atoms. The molecule has 1 aromatic heterocycles. The molecule has 1 fully saturated rings. The molecule has 0 aromatic carbocycles. The zero-order valence-electron chi connectivity index (χ0n) is 9.86. The first-order chi connectivity index (χ1) is 8.34. The molecule has 5 heteroatoms. The number of piperidine rings is 1. The van der Waals surface area contributed by atoms with Crippen LogP contribution in [0.5, 0.6) is 5.88 Å². The van der Waals surface area contributed by atoms with E-state index in [-0.39, 0.29) is 0 Å². The van der Waals surface area contributed by atoms with Crippen LogP contribution in [0, 0.1) is 0 Å². The van der Waals surface area contributed by atoms with Crippen LogP contribution in [0.1, 0.15) is 32.1 Å². The van der Waals surface area contributed by atoms with E-state index in [0.717, 1.165) is 13.0 Å². The van der Waals surface area contributed by atoms with E-state index in [0.29, 0.717) is 23.7 Å². The van der Waals surface area contributed by atoms with Gasteiger partial charge in [-0.1, -0.05) is 18.0 Å². The molecule has 1 aliphatic heterocycles. The Labute approximate surface area is 107 Å². The molecule has 1 atom stereocenters. The van der Waals surface area contributed by atoms with Gasteiger partial charge in [0.05, 0.1) is 6.61 Å². The fraction of sp³-hybridized carbons (Fsp3) is 0.667. The summed E-state index contributed by atoms with van der Waals surface area (Å²) in [4.78, 5) is 0. The third-order valence-corrected chi connectivity index (χ3v) is 3.17. The summed E-state index contributed by atoms with van der Waals surface area (Å²) in [5.74, 6) is 0.547. The normalized spacial score (nSPS) is 20.2. The fourth-order valence-electron chi connectivity index (χ4n) is 2.06. The molecule has 94 valence electrons. The number of ether oxygens (including phenoxy) is 1. The van der Waals surface area contributed by atoms with Crippen LogP contribution in [0.4, 0.5) is 0 Å². The van der Waals surface area contributed by atoms with Gasteiger partial charge in [0.15, 0.2) is 5.15 Å². The molecule has 0 amide bonds. The SMILES string of the molecule is Clc1ccc(OCCCC2CCCCN2)nn1. The van der Waals surface area contributed by atoms with Crippen molar-refractivity contribution in [1.29, 1.82) is 0 Å². The first-order valence-electron chi connectivity index (χ1n) is 6.20. The van der Waals surface area contributed by atoms with Crippen molar-refractivity contribution in [2.75, 3.05) is 13.2 Å². The van der Waals surface area contributed by atoms with Gasteiger partial charge in [0.1, 0.15) is 0 Å². The van der Waals surface area contributed by atoms with Crippen molar-refractivity contribution in [3.8, 4) is 5.88 Å². The Hall–Kier alpha value is -0.870. The van der Waals surface area contributed by atoms with Gasteiger partial charge in [0.2, 0.25) is 5.88 Å². The predicted octanol–water partition coefficient (Wildman–Crippen LogP) is 2.43. The highest BCUT2D eigenvalue weighted by Gasteiger charge is 2.11. The average molecular weight is 256 g/mol. The summed E-state index contributed by atoms with van der Waals surface area (Å²) in [6.45, 7) is 1.85. The summed E-state index contributed by atoms with van der Waals surface area (Å²) in [7, 11) is 0. The van der Waals surface area contributed by atoms with E-state index in [1.54, 1.807) is 12.1 Å². The van der Waals surface area contributed by atoms with Crippen LogP contribution in [-0.2, 0) is 0 Å². The molecule has 2 rings (SSSR count). The van der Waals surface area contributed by atoms with Crippen molar-refractivity contribution in [2.24, 2.45) is 0 Å². The molecule has 1 N–H and O–H groups in total. The lowest BCUT2D eigenvalue weighted by atomic mass is 10.0. The summed E-state index contributed by atoms with van der Waals surface area (Å²) in [6.07, 6.45) is 6.16. The maximum atomic E-state index is 5.64. The van der Waals surface area contributed by atoms with Crippen LogP contribution >= 0.6 is 11.6 Å². The second kappa shape index (κ2) is 6.77. The molecule has 17 heavy (non-hydrogen) atoms. The van der Waals surface area contributed by atoms with E-state index in [1.165, 1.54) is 25.7 Å². The maximum absolute atomic E-state index is 5.64. The number of nitrogens with one attached hydrogen (secondary N) is 1. The first kappa shape index (κ1) is 12.6. The van der Waals surface area contributed by atoms with Crippen LogP contribution < -0.4 is 10.1 Å². The van der Waals surface area contributed by atoms with Crippen molar-refractivity contribution in [1.82, 2.24) is 15.5 Å². The van der Waals surface area contributed by atoms with E-state index in [1.807, 2.05) is 0 Å². The van der Waals surface area contributed by atoms with Crippen LogP contribution in [0.15, 0.2) is 12.1 Å². The topological polar surface area (TPSA) is 47.0 Å². The number of nitrogens with zero attached hydrogens (tertiary/aromatic N) is 2. The quantitative estimate of drug-likeness (QED) is 0.821.